The third-order valence-corrected chi connectivity index (χ3v) is 4.05. The summed E-state index contributed by atoms with van der Waals surface area (Å²) in [6.07, 6.45) is 1.86. The van der Waals surface area contributed by atoms with Crippen LogP contribution >= 0.6 is 0 Å². The summed E-state index contributed by atoms with van der Waals surface area (Å²) in [5, 5.41) is 9.85. The molecular formula is C16H23NO2. The fourth-order valence-corrected chi connectivity index (χ4v) is 2.64. The molecule has 0 bridgehead atoms. The topological polar surface area (TPSA) is 40.5 Å². The minimum Gasteiger partial charge on any atom is -0.393 e. The Balaban J connectivity index is 1.94. The summed E-state index contributed by atoms with van der Waals surface area (Å²) in [5.41, 5.74) is 2.28. The summed E-state index contributed by atoms with van der Waals surface area (Å²) in [4.78, 5) is 14.2. The van der Waals surface area contributed by atoms with Crippen molar-refractivity contribution < 1.29 is 9.90 Å². The van der Waals surface area contributed by atoms with Crippen LogP contribution in [0.5, 0.6) is 0 Å². The number of hydrogen-bond donors (Lipinski definition) is 1. The van der Waals surface area contributed by atoms with E-state index in [1.165, 1.54) is 5.56 Å². The van der Waals surface area contributed by atoms with E-state index >= 15 is 0 Å². The first kappa shape index (κ1) is 14.1. The zero-order valence-electron chi connectivity index (χ0n) is 11.8. The molecule has 1 aliphatic rings. The number of rotatable bonds is 3. The molecule has 3 heteroatoms. The molecule has 104 valence electrons. The van der Waals surface area contributed by atoms with Gasteiger partial charge in [-0.05, 0) is 25.3 Å². The highest BCUT2D eigenvalue weighted by Gasteiger charge is 2.28. The van der Waals surface area contributed by atoms with Crippen LogP contribution < -0.4 is 0 Å². The Labute approximate surface area is 115 Å². The maximum Gasteiger partial charge on any atom is 0.227 e. The van der Waals surface area contributed by atoms with Crippen LogP contribution in [0.3, 0.4) is 0 Å². The van der Waals surface area contributed by atoms with Crippen molar-refractivity contribution in [2.75, 3.05) is 13.1 Å². The molecule has 0 saturated carbocycles. The predicted molar refractivity (Wildman–Crippen MR) is 75.9 cm³/mol. The molecule has 0 radical (unpaired) electrons. The standard InChI is InChI=1S/C16H23NO2/c1-3-14-11-17(9-8-15(14)18)16(19)10-13-6-4-12(2)5-7-13/h4-7,14-15,18H,3,8-11H2,1-2H3. The minimum absolute atomic E-state index is 0.175. The van der Waals surface area contributed by atoms with E-state index in [1.54, 1.807) is 0 Å². The first-order valence-corrected chi connectivity index (χ1v) is 7.11. The molecular weight excluding hydrogens is 238 g/mol. The first-order chi connectivity index (χ1) is 9.10. The lowest BCUT2D eigenvalue weighted by atomic mass is 9.92. The molecule has 2 atom stereocenters. The summed E-state index contributed by atoms with van der Waals surface area (Å²) >= 11 is 0. The van der Waals surface area contributed by atoms with E-state index in [0.717, 1.165) is 12.0 Å². The number of aliphatic hydroxyl groups is 1. The average Bonchev–Trinajstić information content (AvgIpc) is 2.42. The summed E-state index contributed by atoms with van der Waals surface area (Å²) in [5.74, 6) is 0.407. The molecule has 0 aliphatic carbocycles. The van der Waals surface area contributed by atoms with Gasteiger partial charge in [-0.3, -0.25) is 4.79 Å². The van der Waals surface area contributed by atoms with E-state index in [4.69, 9.17) is 0 Å². The fraction of sp³-hybridized carbons (Fsp3) is 0.562. The number of likely N-dealkylation sites (tertiary alicyclic amines) is 1. The molecule has 3 nitrogen and oxygen atoms in total. The molecule has 0 spiro atoms. The third-order valence-electron chi connectivity index (χ3n) is 4.05. The number of aryl methyl sites for hydroxylation is 1. The SMILES string of the molecule is CCC1CN(C(=O)Cc2ccc(C)cc2)CCC1O. The van der Waals surface area contributed by atoms with Crippen molar-refractivity contribution in [2.45, 2.75) is 39.2 Å². The largest absolute Gasteiger partial charge is 0.393 e. The van der Waals surface area contributed by atoms with Crippen molar-refractivity contribution in [1.29, 1.82) is 0 Å². The summed E-state index contributed by atoms with van der Waals surface area (Å²) in [6, 6.07) is 8.11. The van der Waals surface area contributed by atoms with Gasteiger partial charge in [0.2, 0.25) is 5.91 Å². The lowest BCUT2D eigenvalue weighted by molar-refractivity contribution is -0.134. The van der Waals surface area contributed by atoms with Gasteiger partial charge in [-0.2, -0.15) is 0 Å². The van der Waals surface area contributed by atoms with Gasteiger partial charge in [-0.25, -0.2) is 0 Å². The Hall–Kier alpha value is -1.35. The number of carbonyl (C=O) groups excluding carboxylic acids is 1. The number of aliphatic hydroxyl groups excluding tert-OH is 1. The van der Waals surface area contributed by atoms with Crippen LogP contribution in [0.1, 0.15) is 30.9 Å². The predicted octanol–water partition coefficient (Wildman–Crippen LogP) is 2.16. The Bertz CT molecular complexity index is 427. The minimum atomic E-state index is -0.242. The fourth-order valence-electron chi connectivity index (χ4n) is 2.64. The molecule has 1 N–H and O–H groups in total. The number of carbonyl (C=O) groups is 1. The molecule has 1 aromatic rings. The maximum atomic E-state index is 12.3. The lowest BCUT2D eigenvalue weighted by Gasteiger charge is -2.35. The molecule has 1 fully saturated rings. The highest BCUT2D eigenvalue weighted by Crippen LogP contribution is 2.20. The van der Waals surface area contributed by atoms with Gasteiger partial charge < -0.3 is 10.0 Å². The number of benzene rings is 1. The quantitative estimate of drug-likeness (QED) is 0.905. The van der Waals surface area contributed by atoms with Gasteiger partial charge in [0.15, 0.2) is 0 Å². The van der Waals surface area contributed by atoms with Crippen molar-refractivity contribution >= 4 is 5.91 Å². The van der Waals surface area contributed by atoms with Crippen molar-refractivity contribution in [3.05, 3.63) is 35.4 Å². The lowest BCUT2D eigenvalue weighted by Crippen LogP contribution is -2.46. The first-order valence-electron chi connectivity index (χ1n) is 7.11. The molecule has 1 heterocycles. The van der Waals surface area contributed by atoms with Crippen LogP contribution in [0.4, 0.5) is 0 Å². The molecule has 2 rings (SSSR count). The molecule has 1 saturated heterocycles. The van der Waals surface area contributed by atoms with E-state index in [2.05, 4.69) is 6.92 Å². The monoisotopic (exact) mass is 261 g/mol. The Kier molecular flexibility index (Phi) is 4.59. The van der Waals surface area contributed by atoms with Gasteiger partial charge in [0.05, 0.1) is 12.5 Å². The van der Waals surface area contributed by atoms with E-state index < -0.39 is 0 Å². The highest BCUT2D eigenvalue weighted by atomic mass is 16.3. The second-order valence-electron chi connectivity index (χ2n) is 5.53. The highest BCUT2D eigenvalue weighted by molar-refractivity contribution is 5.78. The number of piperidine rings is 1. The summed E-state index contributed by atoms with van der Waals surface area (Å²) < 4.78 is 0. The Morgan fingerprint density at radius 1 is 1.37 bits per heavy atom. The second-order valence-corrected chi connectivity index (χ2v) is 5.53. The summed E-state index contributed by atoms with van der Waals surface area (Å²) in [6.45, 7) is 5.50. The average molecular weight is 261 g/mol. The Morgan fingerprint density at radius 2 is 2.05 bits per heavy atom. The van der Waals surface area contributed by atoms with Crippen LogP contribution in [0, 0.1) is 12.8 Å². The molecule has 1 aromatic carbocycles. The van der Waals surface area contributed by atoms with Crippen molar-refractivity contribution in [1.82, 2.24) is 4.90 Å². The van der Waals surface area contributed by atoms with E-state index in [9.17, 15) is 9.90 Å². The third kappa shape index (κ3) is 3.57. The van der Waals surface area contributed by atoms with Gasteiger partial charge in [-0.1, -0.05) is 36.8 Å². The van der Waals surface area contributed by atoms with Gasteiger partial charge in [0.25, 0.3) is 0 Å². The number of nitrogens with zero attached hydrogens (tertiary/aromatic N) is 1. The van der Waals surface area contributed by atoms with E-state index in [0.29, 0.717) is 25.9 Å². The molecule has 0 aromatic heterocycles. The van der Waals surface area contributed by atoms with Crippen molar-refractivity contribution in [3.8, 4) is 0 Å². The van der Waals surface area contributed by atoms with Crippen LogP contribution in [-0.4, -0.2) is 35.1 Å². The Morgan fingerprint density at radius 3 is 2.68 bits per heavy atom. The van der Waals surface area contributed by atoms with Gasteiger partial charge in [0, 0.05) is 19.0 Å². The number of hydrogen-bond acceptors (Lipinski definition) is 2. The maximum absolute atomic E-state index is 12.3. The smallest absolute Gasteiger partial charge is 0.227 e. The van der Waals surface area contributed by atoms with Crippen molar-refractivity contribution in [3.63, 3.8) is 0 Å². The van der Waals surface area contributed by atoms with Crippen molar-refractivity contribution in [2.24, 2.45) is 5.92 Å². The zero-order chi connectivity index (χ0) is 13.8. The molecule has 1 aliphatic heterocycles. The summed E-state index contributed by atoms with van der Waals surface area (Å²) in [7, 11) is 0. The van der Waals surface area contributed by atoms with Crippen LogP contribution in [-0.2, 0) is 11.2 Å². The number of amides is 1. The zero-order valence-corrected chi connectivity index (χ0v) is 11.8. The van der Waals surface area contributed by atoms with Gasteiger partial charge in [-0.15, -0.1) is 0 Å². The molecule has 2 unspecified atom stereocenters. The van der Waals surface area contributed by atoms with Crippen LogP contribution in [0.2, 0.25) is 0 Å². The van der Waals surface area contributed by atoms with E-state index in [1.807, 2.05) is 36.1 Å². The second kappa shape index (κ2) is 6.20. The van der Waals surface area contributed by atoms with Crippen LogP contribution in [0.15, 0.2) is 24.3 Å². The van der Waals surface area contributed by atoms with Gasteiger partial charge in [0.1, 0.15) is 0 Å². The normalized spacial score (nSPS) is 23.4. The molecule has 1 amide bonds. The van der Waals surface area contributed by atoms with Gasteiger partial charge >= 0.3 is 0 Å². The van der Waals surface area contributed by atoms with Crippen LogP contribution in [0.25, 0.3) is 0 Å². The van der Waals surface area contributed by atoms with E-state index in [-0.39, 0.29) is 17.9 Å². The molecule has 19 heavy (non-hydrogen) atoms.